The first-order chi connectivity index (χ1) is 14.0. The van der Waals surface area contributed by atoms with Crippen LogP contribution in [-0.2, 0) is 9.53 Å². The molecule has 0 aliphatic carbocycles. The second-order valence-corrected chi connectivity index (χ2v) is 9.42. The summed E-state index contributed by atoms with van der Waals surface area (Å²) < 4.78 is 5.98. The van der Waals surface area contributed by atoms with Crippen LogP contribution in [0.1, 0.15) is 50.7 Å². The normalized spacial score (nSPS) is 12.1. The first-order valence-electron chi connectivity index (χ1n) is 9.42. The van der Waals surface area contributed by atoms with E-state index in [1.54, 1.807) is 4.90 Å². The zero-order chi connectivity index (χ0) is 22.6. The van der Waals surface area contributed by atoms with Gasteiger partial charge in [-0.15, -0.1) is 11.3 Å². The van der Waals surface area contributed by atoms with E-state index in [-0.39, 0.29) is 29.2 Å². The summed E-state index contributed by atoms with van der Waals surface area (Å²) in [6.07, 6.45) is -1.01. The Kier molecular flexibility index (Phi) is 7.96. The van der Waals surface area contributed by atoms with Gasteiger partial charge in [-0.3, -0.25) is 14.9 Å². The summed E-state index contributed by atoms with van der Waals surface area (Å²) in [4.78, 5) is 42.5. The quantitative estimate of drug-likeness (QED) is 0.325. The molecular weight excluding hydrogens is 426 g/mol. The molecule has 1 unspecified atom stereocenters. The molecule has 30 heavy (non-hydrogen) atoms. The first-order valence-corrected chi connectivity index (χ1v) is 11.1. The van der Waals surface area contributed by atoms with Crippen LogP contribution >= 0.6 is 23.1 Å². The van der Waals surface area contributed by atoms with Crippen LogP contribution in [0.5, 0.6) is 0 Å². The number of hydrogen-bond acceptors (Lipinski definition) is 8. The molecule has 0 aliphatic heterocycles. The molecule has 0 N–H and O–H groups in total. The molecule has 0 bridgehead atoms. The number of aryl methyl sites for hydroxylation is 1. The van der Waals surface area contributed by atoms with Gasteiger partial charge < -0.3 is 9.64 Å². The maximum Gasteiger partial charge on any atom is 0.339 e. The molecule has 0 fully saturated rings. The average Bonchev–Trinajstić information content (AvgIpc) is 3.05. The van der Waals surface area contributed by atoms with Gasteiger partial charge in [-0.2, -0.15) is 0 Å². The molecule has 0 radical (unpaired) electrons. The molecule has 8 nitrogen and oxygen atoms in total. The lowest BCUT2D eigenvalue weighted by molar-refractivity contribution is -0.387. The van der Waals surface area contributed by atoms with Crippen LogP contribution in [0.15, 0.2) is 32.8 Å². The highest BCUT2D eigenvalue weighted by Crippen LogP contribution is 2.37. The van der Waals surface area contributed by atoms with Crippen molar-refractivity contribution < 1.29 is 19.2 Å². The van der Waals surface area contributed by atoms with Crippen molar-refractivity contribution in [1.29, 1.82) is 0 Å². The number of rotatable bonds is 8. The Morgan fingerprint density at radius 3 is 2.33 bits per heavy atom. The number of esters is 1. The van der Waals surface area contributed by atoms with Crippen molar-refractivity contribution in [2.75, 3.05) is 0 Å². The molecule has 1 aromatic heterocycles. The number of carbonyl (C=O) groups is 2. The predicted octanol–water partition coefficient (Wildman–Crippen LogP) is 4.70. The van der Waals surface area contributed by atoms with Gasteiger partial charge in [-0.05, 0) is 53.7 Å². The van der Waals surface area contributed by atoms with E-state index in [0.717, 1.165) is 5.69 Å². The number of hydrogen-bond donors (Lipinski definition) is 0. The monoisotopic (exact) mass is 451 g/mol. The van der Waals surface area contributed by atoms with Gasteiger partial charge in [0.05, 0.1) is 15.4 Å². The minimum Gasteiger partial charge on any atom is -0.449 e. The van der Waals surface area contributed by atoms with E-state index < -0.39 is 17.0 Å². The number of carbonyl (C=O) groups excluding carboxylic acids is 2. The minimum absolute atomic E-state index is 0.0154. The number of aromatic nitrogens is 1. The fourth-order valence-corrected chi connectivity index (χ4v) is 4.82. The van der Waals surface area contributed by atoms with Crippen LogP contribution in [0.4, 0.5) is 5.69 Å². The topological polar surface area (TPSA) is 103 Å². The lowest BCUT2D eigenvalue weighted by Crippen LogP contribution is -2.47. The SMILES string of the molecule is Cc1csc(Sc2ccc(C(=O)OC(C)C(=O)N(C(C)C)C(C)C)cc2[N+](=O)[O-])n1. The largest absolute Gasteiger partial charge is 0.449 e. The van der Waals surface area contributed by atoms with Gasteiger partial charge in [0.2, 0.25) is 0 Å². The summed E-state index contributed by atoms with van der Waals surface area (Å²) in [5.41, 5.74) is 0.634. The Bertz CT molecular complexity index is 934. The van der Waals surface area contributed by atoms with E-state index in [1.807, 2.05) is 40.0 Å². The van der Waals surface area contributed by atoms with E-state index in [0.29, 0.717) is 9.24 Å². The molecule has 1 heterocycles. The lowest BCUT2D eigenvalue weighted by Gasteiger charge is -2.32. The molecule has 0 saturated heterocycles. The predicted molar refractivity (Wildman–Crippen MR) is 116 cm³/mol. The highest BCUT2D eigenvalue weighted by atomic mass is 32.2. The molecular formula is C20H25N3O5S2. The number of benzene rings is 1. The molecule has 1 atom stereocenters. The van der Waals surface area contributed by atoms with Crippen molar-refractivity contribution in [1.82, 2.24) is 9.88 Å². The number of nitrogens with zero attached hydrogens (tertiary/aromatic N) is 3. The second kappa shape index (κ2) is 10.0. The fraction of sp³-hybridized carbons (Fsp3) is 0.450. The van der Waals surface area contributed by atoms with E-state index in [2.05, 4.69) is 4.98 Å². The van der Waals surface area contributed by atoms with Gasteiger partial charge >= 0.3 is 5.97 Å². The third kappa shape index (κ3) is 5.79. The van der Waals surface area contributed by atoms with Gasteiger partial charge in [0.25, 0.3) is 11.6 Å². The molecule has 0 saturated carbocycles. The van der Waals surface area contributed by atoms with Crippen LogP contribution in [0, 0.1) is 17.0 Å². The van der Waals surface area contributed by atoms with Crippen LogP contribution in [-0.4, -0.2) is 44.9 Å². The third-order valence-electron chi connectivity index (χ3n) is 4.19. The number of amides is 1. The van der Waals surface area contributed by atoms with E-state index in [1.165, 1.54) is 48.2 Å². The Labute approximate surface area is 183 Å². The van der Waals surface area contributed by atoms with Crippen molar-refractivity contribution in [3.63, 3.8) is 0 Å². The molecule has 1 aromatic carbocycles. The summed E-state index contributed by atoms with van der Waals surface area (Å²) in [7, 11) is 0. The summed E-state index contributed by atoms with van der Waals surface area (Å²) in [5, 5.41) is 13.4. The smallest absolute Gasteiger partial charge is 0.339 e. The van der Waals surface area contributed by atoms with Crippen molar-refractivity contribution in [2.24, 2.45) is 0 Å². The Hall–Kier alpha value is -2.46. The fourth-order valence-electron chi connectivity index (χ4n) is 2.94. The maximum atomic E-state index is 12.7. The van der Waals surface area contributed by atoms with Crippen molar-refractivity contribution in [2.45, 2.75) is 69.0 Å². The second-order valence-electron chi connectivity index (χ2n) is 7.28. The Balaban J connectivity index is 2.20. The Morgan fingerprint density at radius 2 is 1.83 bits per heavy atom. The first kappa shape index (κ1) is 23.8. The van der Waals surface area contributed by atoms with Gasteiger partial charge in [0.1, 0.15) is 0 Å². The molecule has 2 aromatic rings. The molecule has 10 heteroatoms. The zero-order valence-electron chi connectivity index (χ0n) is 17.7. The summed E-state index contributed by atoms with van der Waals surface area (Å²) in [6, 6.07) is 4.02. The Morgan fingerprint density at radius 1 is 1.20 bits per heavy atom. The van der Waals surface area contributed by atoms with Crippen LogP contribution in [0.25, 0.3) is 0 Å². The van der Waals surface area contributed by atoms with E-state index >= 15 is 0 Å². The van der Waals surface area contributed by atoms with Crippen molar-refractivity contribution in [3.8, 4) is 0 Å². The standard InChI is InChI=1S/C20H25N3O5S2/c1-11(2)22(12(3)4)18(24)14(6)28-19(25)15-7-8-17(16(9-15)23(26)27)30-20-21-13(5)10-29-20/h7-12,14H,1-6H3. The lowest BCUT2D eigenvalue weighted by atomic mass is 10.2. The van der Waals surface area contributed by atoms with E-state index in [4.69, 9.17) is 4.74 Å². The average molecular weight is 452 g/mol. The number of ether oxygens (including phenoxy) is 1. The van der Waals surface area contributed by atoms with Gasteiger partial charge in [-0.1, -0.05) is 11.8 Å². The summed E-state index contributed by atoms with van der Waals surface area (Å²) in [5.74, 6) is -1.10. The number of thiazole rings is 1. The highest BCUT2D eigenvalue weighted by molar-refractivity contribution is 8.01. The van der Waals surface area contributed by atoms with Crippen LogP contribution in [0.3, 0.4) is 0 Å². The van der Waals surface area contributed by atoms with Crippen molar-refractivity contribution >= 4 is 40.7 Å². The zero-order valence-corrected chi connectivity index (χ0v) is 19.4. The van der Waals surface area contributed by atoms with Gasteiger partial charge in [0.15, 0.2) is 10.4 Å². The van der Waals surface area contributed by atoms with Gasteiger partial charge in [-0.25, -0.2) is 9.78 Å². The third-order valence-corrected chi connectivity index (χ3v) is 6.31. The molecule has 2 rings (SSSR count). The molecule has 0 aliphatic rings. The highest BCUT2D eigenvalue weighted by Gasteiger charge is 2.29. The molecule has 1 amide bonds. The summed E-state index contributed by atoms with van der Waals surface area (Å²) in [6.45, 7) is 10.9. The molecule has 0 spiro atoms. The minimum atomic E-state index is -1.01. The number of nitro groups is 1. The van der Waals surface area contributed by atoms with E-state index in [9.17, 15) is 19.7 Å². The van der Waals surface area contributed by atoms with Gasteiger partial charge in [0, 0.05) is 29.2 Å². The molecule has 162 valence electrons. The van der Waals surface area contributed by atoms with Crippen LogP contribution < -0.4 is 0 Å². The maximum absolute atomic E-state index is 12.7. The summed E-state index contributed by atoms with van der Waals surface area (Å²) >= 11 is 2.56. The number of nitro benzene ring substituents is 1. The van der Waals surface area contributed by atoms with Crippen molar-refractivity contribution in [3.05, 3.63) is 45.0 Å². The van der Waals surface area contributed by atoms with Crippen LogP contribution in [0.2, 0.25) is 0 Å².